The average molecular weight is 409 g/mol. The number of nitrogens with one attached hydrogen (secondary N) is 1. The molecule has 1 aliphatic rings. The third kappa shape index (κ3) is 3.93. The molecular formula is C20H19N5O5. The smallest absolute Gasteiger partial charge is 0.269 e. The van der Waals surface area contributed by atoms with Crippen LogP contribution in [0.25, 0.3) is 5.69 Å². The van der Waals surface area contributed by atoms with Crippen LogP contribution >= 0.6 is 0 Å². The molecule has 4 rings (SSSR count). The standard InChI is InChI=1S/C20H19N5O5/c1-13-9-18(24(22-13)15-4-6-16(7-5-15)25(28)29)21-20(27)14-10-19(26)23(11-14)12-17-3-2-8-30-17/h2-9,14H,10-12H2,1H3,(H,21,27). The minimum Gasteiger partial charge on any atom is -0.467 e. The molecule has 1 saturated heterocycles. The van der Waals surface area contributed by atoms with E-state index in [9.17, 15) is 19.7 Å². The van der Waals surface area contributed by atoms with Crippen LogP contribution in [0.15, 0.2) is 53.1 Å². The van der Waals surface area contributed by atoms with E-state index in [2.05, 4.69) is 10.4 Å². The number of anilines is 1. The Kier molecular flexibility index (Phi) is 5.05. The van der Waals surface area contributed by atoms with Crippen molar-refractivity contribution in [1.29, 1.82) is 0 Å². The third-order valence-corrected chi connectivity index (χ3v) is 4.90. The molecule has 0 radical (unpaired) electrons. The lowest BCUT2D eigenvalue weighted by atomic mass is 10.1. The van der Waals surface area contributed by atoms with Gasteiger partial charge in [-0.2, -0.15) is 5.10 Å². The fourth-order valence-electron chi connectivity index (χ4n) is 3.42. The maximum atomic E-state index is 12.8. The normalized spacial score (nSPS) is 16.1. The van der Waals surface area contributed by atoms with E-state index in [1.807, 2.05) is 0 Å². The number of aromatic nitrogens is 2. The molecule has 3 aromatic rings. The minimum atomic E-state index is -0.493. The van der Waals surface area contributed by atoms with E-state index in [-0.39, 0.29) is 23.9 Å². The van der Waals surface area contributed by atoms with Gasteiger partial charge in [0.2, 0.25) is 11.8 Å². The number of hydrogen-bond donors (Lipinski definition) is 1. The van der Waals surface area contributed by atoms with Gasteiger partial charge in [-0.25, -0.2) is 4.68 Å². The van der Waals surface area contributed by atoms with E-state index in [0.717, 1.165) is 0 Å². The van der Waals surface area contributed by atoms with Crippen molar-refractivity contribution < 1.29 is 18.9 Å². The van der Waals surface area contributed by atoms with Gasteiger partial charge in [-0.05, 0) is 31.2 Å². The molecule has 0 saturated carbocycles. The zero-order chi connectivity index (χ0) is 21.3. The first-order valence-electron chi connectivity index (χ1n) is 9.33. The van der Waals surface area contributed by atoms with Crippen LogP contribution in [-0.4, -0.2) is 38.0 Å². The number of aryl methyl sites for hydroxylation is 1. The fraction of sp³-hybridized carbons (Fsp3) is 0.250. The van der Waals surface area contributed by atoms with E-state index in [1.54, 1.807) is 48.4 Å². The highest BCUT2D eigenvalue weighted by Gasteiger charge is 2.35. The first kappa shape index (κ1) is 19.4. The molecule has 1 fully saturated rings. The second kappa shape index (κ2) is 7.82. The Morgan fingerprint density at radius 3 is 2.77 bits per heavy atom. The van der Waals surface area contributed by atoms with Gasteiger partial charge in [0.25, 0.3) is 5.69 Å². The van der Waals surface area contributed by atoms with Crippen molar-refractivity contribution in [1.82, 2.24) is 14.7 Å². The second-order valence-corrected chi connectivity index (χ2v) is 7.10. The summed E-state index contributed by atoms with van der Waals surface area (Å²) in [7, 11) is 0. The summed E-state index contributed by atoms with van der Waals surface area (Å²) in [5.41, 5.74) is 1.21. The quantitative estimate of drug-likeness (QED) is 0.493. The summed E-state index contributed by atoms with van der Waals surface area (Å²) in [6.45, 7) is 2.41. The van der Waals surface area contributed by atoms with Crippen LogP contribution in [0.1, 0.15) is 17.9 Å². The van der Waals surface area contributed by atoms with E-state index in [1.165, 1.54) is 16.8 Å². The lowest BCUT2D eigenvalue weighted by Gasteiger charge is -2.15. The van der Waals surface area contributed by atoms with Crippen LogP contribution in [0.4, 0.5) is 11.5 Å². The highest BCUT2D eigenvalue weighted by atomic mass is 16.6. The molecule has 3 heterocycles. The van der Waals surface area contributed by atoms with Gasteiger partial charge in [-0.15, -0.1) is 0 Å². The molecule has 10 nitrogen and oxygen atoms in total. The lowest BCUT2D eigenvalue weighted by molar-refractivity contribution is -0.384. The topological polar surface area (TPSA) is 124 Å². The molecular weight excluding hydrogens is 390 g/mol. The van der Waals surface area contributed by atoms with Gasteiger partial charge in [-0.3, -0.25) is 19.7 Å². The highest BCUT2D eigenvalue weighted by molar-refractivity contribution is 5.96. The average Bonchev–Trinajstić information content (AvgIpc) is 3.44. The zero-order valence-corrected chi connectivity index (χ0v) is 16.1. The van der Waals surface area contributed by atoms with Crippen LogP contribution in [0.3, 0.4) is 0 Å². The first-order chi connectivity index (χ1) is 14.4. The van der Waals surface area contributed by atoms with Crippen molar-refractivity contribution in [2.45, 2.75) is 19.9 Å². The Labute approximate surface area is 171 Å². The molecule has 30 heavy (non-hydrogen) atoms. The number of non-ortho nitro benzene ring substituents is 1. The molecule has 2 aromatic heterocycles. The summed E-state index contributed by atoms with van der Waals surface area (Å²) in [4.78, 5) is 37.1. The second-order valence-electron chi connectivity index (χ2n) is 7.10. The summed E-state index contributed by atoms with van der Waals surface area (Å²) < 4.78 is 6.79. The zero-order valence-electron chi connectivity index (χ0n) is 16.1. The van der Waals surface area contributed by atoms with Gasteiger partial charge in [-0.1, -0.05) is 0 Å². The summed E-state index contributed by atoms with van der Waals surface area (Å²) >= 11 is 0. The van der Waals surface area contributed by atoms with Crippen molar-refractivity contribution in [3.05, 3.63) is 70.3 Å². The fourth-order valence-corrected chi connectivity index (χ4v) is 3.42. The largest absolute Gasteiger partial charge is 0.467 e. The number of carbonyl (C=O) groups is 2. The Bertz CT molecular complexity index is 1090. The Morgan fingerprint density at radius 2 is 2.10 bits per heavy atom. The molecule has 2 amide bonds. The van der Waals surface area contributed by atoms with E-state index in [4.69, 9.17) is 4.42 Å². The lowest BCUT2D eigenvalue weighted by Crippen LogP contribution is -2.28. The number of likely N-dealkylation sites (tertiary alicyclic amines) is 1. The summed E-state index contributed by atoms with van der Waals surface area (Å²) in [6, 6.07) is 11.1. The molecule has 154 valence electrons. The number of nitro benzene ring substituents is 1. The molecule has 1 aliphatic heterocycles. The van der Waals surface area contributed by atoms with Crippen molar-refractivity contribution in [3.8, 4) is 5.69 Å². The van der Waals surface area contributed by atoms with Gasteiger partial charge < -0.3 is 14.6 Å². The van der Waals surface area contributed by atoms with Crippen molar-refractivity contribution in [2.75, 3.05) is 11.9 Å². The van der Waals surface area contributed by atoms with Crippen LogP contribution in [0.2, 0.25) is 0 Å². The number of amides is 2. The first-order valence-corrected chi connectivity index (χ1v) is 9.33. The van der Waals surface area contributed by atoms with E-state index >= 15 is 0 Å². The molecule has 0 spiro atoms. The molecule has 1 aromatic carbocycles. The van der Waals surface area contributed by atoms with Crippen LogP contribution < -0.4 is 5.32 Å². The predicted molar refractivity (Wildman–Crippen MR) is 106 cm³/mol. The molecule has 0 aliphatic carbocycles. The SMILES string of the molecule is Cc1cc(NC(=O)C2CC(=O)N(Cc3ccco3)C2)n(-c2ccc([N+](=O)[O-])cc2)n1. The number of benzene rings is 1. The summed E-state index contributed by atoms with van der Waals surface area (Å²) in [5.74, 6) is 0.215. The van der Waals surface area contributed by atoms with E-state index < -0.39 is 10.8 Å². The molecule has 1 unspecified atom stereocenters. The summed E-state index contributed by atoms with van der Waals surface area (Å²) in [5, 5.41) is 18.0. The number of furan rings is 1. The van der Waals surface area contributed by atoms with Gasteiger partial charge in [0.15, 0.2) is 0 Å². The van der Waals surface area contributed by atoms with Gasteiger partial charge >= 0.3 is 0 Å². The Hall–Kier alpha value is -3.95. The van der Waals surface area contributed by atoms with Crippen LogP contribution in [-0.2, 0) is 16.1 Å². The number of carbonyl (C=O) groups excluding carboxylic acids is 2. The number of nitrogens with zero attached hydrogens (tertiary/aromatic N) is 4. The molecule has 0 bridgehead atoms. The number of hydrogen-bond acceptors (Lipinski definition) is 6. The van der Waals surface area contributed by atoms with Gasteiger partial charge in [0, 0.05) is 31.2 Å². The van der Waals surface area contributed by atoms with Crippen molar-refractivity contribution >= 4 is 23.3 Å². The minimum absolute atomic E-state index is 0.0330. The van der Waals surface area contributed by atoms with Gasteiger partial charge in [0.05, 0.1) is 35.0 Å². The Balaban J connectivity index is 1.47. The van der Waals surface area contributed by atoms with Crippen LogP contribution in [0, 0.1) is 23.0 Å². The predicted octanol–water partition coefficient (Wildman–Crippen LogP) is 2.67. The number of nitro groups is 1. The maximum absolute atomic E-state index is 12.8. The van der Waals surface area contributed by atoms with E-state index in [0.29, 0.717) is 36.0 Å². The Morgan fingerprint density at radius 1 is 1.33 bits per heavy atom. The maximum Gasteiger partial charge on any atom is 0.269 e. The van der Waals surface area contributed by atoms with Crippen molar-refractivity contribution in [3.63, 3.8) is 0 Å². The molecule has 1 atom stereocenters. The highest BCUT2D eigenvalue weighted by Crippen LogP contribution is 2.24. The van der Waals surface area contributed by atoms with Crippen LogP contribution in [0.5, 0.6) is 0 Å². The molecule has 10 heteroatoms. The molecule has 1 N–H and O–H groups in total. The van der Waals surface area contributed by atoms with Gasteiger partial charge in [0.1, 0.15) is 11.6 Å². The third-order valence-electron chi connectivity index (χ3n) is 4.90. The monoisotopic (exact) mass is 409 g/mol. The summed E-state index contributed by atoms with van der Waals surface area (Å²) in [6.07, 6.45) is 1.67. The van der Waals surface area contributed by atoms with Crippen molar-refractivity contribution in [2.24, 2.45) is 5.92 Å². The number of rotatable bonds is 6.